The van der Waals surface area contributed by atoms with Gasteiger partial charge in [-0.15, -0.1) is 22.7 Å². The third-order valence-electron chi connectivity index (χ3n) is 3.29. The Balaban J connectivity index is 2.02. The molecule has 5 nitrogen and oxygen atoms in total. The number of aromatic nitrogens is 1. The Labute approximate surface area is 147 Å². The standard InChI is InChI=1S/C17H17N3O2S2/c1-3-22-14-7-4-6-12(16(14)21)10-19-20-13(11-24-17(20)18-2)15-8-5-9-23-15/h4-11,21H,3H2,1-2H3. The van der Waals surface area contributed by atoms with Gasteiger partial charge in [-0.3, -0.25) is 4.99 Å². The molecule has 0 amide bonds. The maximum Gasteiger partial charge on any atom is 0.205 e. The van der Waals surface area contributed by atoms with E-state index in [2.05, 4.69) is 10.1 Å². The molecule has 0 fully saturated rings. The SMILES string of the molecule is CCOc1cccc(C=Nn2c(-c3cccs3)csc2=NC)c1O. The number of para-hydroxylation sites is 1. The average Bonchev–Trinajstić information content (AvgIpc) is 3.24. The average molecular weight is 359 g/mol. The van der Waals surface area contributed by atoms with Crippen LogP contribution in [0.4, 0.5) is 0 Å². The number of thiazole rings is 1. The number of benzene rings is 1. The fourth-order valence-electron chi connectivity index (χ4n) is 2.19. The predicted octanol–water partition coefficient (Wildman–Crippen LogP) is 3.80. The molecule has 0 unspecified atom stereocenters. The van der Waals surface area contributed by atoms with Crippen molar-refractivity contribution in [1.29, 1.82) is 0 Å². The molecule has 1 N–H and O–H groups in total. The molecule has 3 aromatic rings. The largest absolute Gasteiger partial charge is 0.504 e. The summed E-state index contributed by atoms with van der Waals surface area (Å²) in [7, 11) is 1.74. The van der Waals surface area contributed by atoms with Crippen LogP contribution in [0.1, 0.15) is 12.5 Å². The number of phenolic OH excluding ortho intramolecular Hbond substituents is 1. The molecular formula is C17H17N3O2S2. The fourth-order valence-corrected chi connectivity index (χ4v) is 3.79. The molecule has 3 rings (SSSR count). The highest BCUT2D eigenvalue weighted by Crippen LogP contribution is 2.29. The second-order valence-electron chi connectivity index (χ2n) is 4.79. The molecule has 2 aromatic heterocycles. The van der Waals surface area contributed by atoms with E-state index in [9.17, 15) is 5.11 Å². The highest BCUT2D eigenvalue weighted by atomic mass is 32.1. The van der Waals surface area contributed by atoms with Crippen molar-refractivity contribution in [3.05, 3.63) is 51.5 Å². The predicted molar refractivity (Wildman–Crippen MR) is 99.4 cm³/mol. The summed E-state index contributed by atoms with van der Waals surface area (Å²) in [5.74, 6) is 0.544. The number of aromatic hydroxyl groups is 1. The molecule has 24 heavy (non-hydrogen) atoms. The van der Waals surface area contributed by atoms with E-state index in [0.29, 0.717) is 17.9 Å². The summed E-state index contributed by atoms with van der Waals surface area (Å²) in [6.45, 7) is 2.37. The molecule has 0 saturated heterocycles. The van der Waals surface area contributed by atoms with Crippen molar-refractivity contribution >= 4 is 28.9 Å². The minimum Gasteiger partial charge on any atom is -0.504 e. The van der Waals surface area contributed by atoms with Gasteiger partial charge in [0.1, 0.15) is 0 Å². The molecule has 124 valence electrons. The van der Waals surface area contributed by atoms with Crippen LogP contribution in [0.15, 0.2) is 51.2 Å². The Kier molecular flexibility index (Phi) is 5.12. The number of thiophene rings is 1. The Morgan fingerprint density at radius 2 is 2.12 bits per heavy atom. The van der Waals surface area contributed by atoms with Gasteiger partial charge in [0, 0.05) is 18.0 Å². The van der Waals surface area contributed by atoms with Crippen LogP contribution in [0.25, 0.3) is 10.6 Å². The van der Waals surface area contributed by atoms with E-state index in [1.807, 2.05) is 35.9 Å². The number of nitrogens with zero attached hydrogens (tertiary/aromatic N) is 3. The molecule has 0 atom stereocenters. The molecule has 2 heterocycles. The third-order valence-corrected chi connectivity index (χ3v) is 5.09. The molecule has 1 aromatic carbocycles. The molecule has 0 spiro atoms. The van der Waals surface area contributed by atoms with Crippen molar-refractivity contribution in [2.24, 2.45) is 10.1 Å². The van der Waals surface area contributed by atoms with E-state index in [0.717, 1.165) is 15.4 Å². The van der Waals surface area contributed by atoms with E-state index < -0.39 is 0 Å². The van der Waals surface area contributed by atoms with E-state index in [1.165, 1.54) is 11.3 Å². The van der Waals surface area contributed by atoms with Crippen LogP contribution in [-0.2, 0) is 0 Å². The van der Waals surface area contributed by atoms with E-state index >= 15 is 0 Å². The first-order chi connectivity index (χ1) is 11.7. The van der Waals surface area contributed by atoms with Gasteiger partial charge in [-0.25, -0.2) is 4.68 Å². The lowest BCUT2D eigenvalue weighted by Crippen LogP contribution is -2.11. The summed E-state index contributed by atoms with van der Waals surface area (Å²) in [5.41, 5.74) is 1.58. The number of hydrogen-bond acceptors (Lipinski definition) is 6. The van der Waals surface area contributed by atoms with Gasteiger partial charge in [0.05, 0.1) is 23.4 Å². The van der Waals surface area contributed by atoms with Crippen LogP contribution in [0, 0.1) is 0 Å². The molecular weight excluding hydrogens is 342 g/mol. The number of phenols is 1. The van der Waals surface area contributed by atoms with Crippen molar-refractivity contribution in [1.82, 2.24) is 4.68 Å². The zero-order valence-electron chi connectivity index (χ0n) is 13.3. The van der Waals surface area contributed by atoms with Gasteiger partial charge in [0.15, 0.2) is 11.5 Å². The summed E-state index contributed by atoms with van der Waals surface area (Å²) in [6.07, 6.45) is 1.62. The van der Waals surface area contributed by atoms with Crippen molar-refractivity contribution < 1.29 is 9.84 Å². The molecule has 0 bridgehead atoms. The maximum absolute atomic E-state index is 10.3. The molecule has 0 radical (unpaired) electrons. The van der Waals surface area contributed by atoms with Gasteiger partial charge < -0.3 is 9.84 Å². The highest BCUT2D eigenvalue weighted by Gasteiger charge is 2.09. The fraction of sp³-hybridized carbons (Fsp3) is 0.176. The van der Waals surface area contributed by atoms with Gasteiger partial charge in [0.2, 0.25) is 4.80 Å². The smallest absolute Gasteiger partial charge is 0.205 e. The van der Waals surface area contributed by atoms with Gasteiger partial charge in [-0.05, 0) is 30.5 Å². The molecule has 0 aliphatic rings. The van der Waals surface area contributed by atoms with Gasteiger partial charge in [-0.2, -0.15) is 5.10 Å². The first-order valence-corrected chi connectivity index (χ1v) is 9.17. The minimum absolute atomic E-state index is 0.0894. The molecule has 0 aliphatic heterocycles. The van der Waals surface area contributed by atoms with Crippen LogP contribution < -0.4 is 9.54 Å². The third kappa shape index (κ3) is 3.27. The van der Waals surface area contributed by atoms with Crippen LogP contribution in [0.5, 0.6) is 11.5 Å². The zero-order chi connectivity index (χ0) is 16.9. The Bertz CT molecular complexity index is 908. The van der Waals surface area contributed by atoms with Crippen molar-refractivity contribution in [3.8, 4) is 22.1 Å². The van der Waals surface area contributed by atoms with E-state index in [-0.39, 0.29) is 5.75 Å². The van der Waals surface area contributed by atoms with Gasteiger partial charge >= 0.3 is 0 Å². The Morgan fingerprint density at radius 3 is 2.83 bits per heavy atom. The second-order valence-corrected chi connectivity index (χ2v) is 6.57. The lowest BCUT2D eigenvalue weighted by Gasteiger charge is -2.07. The van der Waals surface area contributed by atoms with Crippen LogP contribution in [0.3, 0.4) is 0 Å². The quantitative estimate of drug-likeness (QED) is 0.705. The topological polar surface area (TPSA) is 59.1 Å². The first-order valence-electron chi connectivity index (χ1n) is 7.41. The molecule has 7 heteroatoms. The number of ether oxygens (including phenoxy) is 1. The van der Waals surface area contributed by atoms with Gasteiger partial charge in [0.25, 0.3) is 0 Å². The summed E-state index contributed by atoms with van der Waals surface area (Å²) in [4.78, 5) is 6.17. The minimum atomic E-state index is 0.0894. The first kappa shape index (κ1) is 16.5. The Morgan fingerprint density at radius 1 is 1.25 bits per heavy atom. The lowest BCUT2D eigenvalue weighted by molar-refractivity contribution is 0.318. The van der Waals surface area contributed by atoms with Crippen LogP contribution in [-0.4, -0.2) is 29.7 Å². The summed E-state index contributed by atoms with van der Waals surface area (Å²) in [5, 5.41) is 18.9. The van der Waals surface area contributed by atoms with Crippen molar-refractivity contribution in [3.63, 3.8) is 0 Å². The molecule has 0 aliphatic carbocycles. The highest BCUT2D eigenvalue weighted by molar-refractivity contribution is 7.14. The molecule has 0 saturated carbocycles. The zero-order valence-corrected chi connectivity index (χ0v) is 15.0. The normalized spacial score (nSPS) is 12.2. The monoisotopic (exact) mass is 359 g/mol. The van der Waals surface area contributed by atoms with Crippen LogP contribution in [0.2, 0.25) is 0 Å². The summed E-state index contributed by atoms with van der Waals surface area (Å²) >= 11 is 3.18. The number of rotatable bonds is 5. The van der Waals surface area contributed by atoms with Gasteiger partial charge in [-0.1, -0.05) is 12.1 Å². The maximum atomic E-state index is 10.3. The van der Waals surface area contributed by atoms with E-state index in [1.54, 1.807) is 41.4 Å². The second kappa shape index (κ2) is 7.46. The van der Waals surface area contributed by atoms with Crippen molar-refractivity contribution in [2.75, 3.05) is 13.7 Å². The summed E-state index contributed by atoms with van der Waals surface area (Å²) < 4.78 is 7.19. The van der Waals surface area contributed by atoms with Crippen molar-refractivity contribution in [2.45, 2.75) is 6.92 Å². The lowest BCUT2D eigenvalue weighted by atomic mass is 10.2. The van der Waals surface area contributed by atoms with Crippen LogP contribution >= 0.6 is 22.7 Å². The summed E-state index contributed by atoms with van der Waals surface area (Å²) in [6, 6.07) is 9.41. The number of hydrogen-bond donors (Lipinski definition) is 1. The van der Waals surface area contributed by atoms with E-state index in [4.69, 9.17) is 4.74 Å². The Hall–Kier alpha value is -2.38.